The predicted molar refractivity (Wildman–Crippen MR) is 155 cm³/mol. The van der Waals surface area contributed by atoms with Crippen LogP contribution in [0.25, 0.3) is 22.2 Å². The summed E-state index contributed by atoms with van der Waals surface area (Å²) in [5.41, 5.74) is 5.06. The minimum Gasteiger partial charge on any atom is -0.497 e. The zero-order valence-corrected chi connectivity index (χ0v) is 22.7. The molecule has 0 fully saturated rings. The van der Waals surface area contributed by atoms with E-state index in [2.05, 4.69) is 10.3 Å². The van der Waals surface area contributed by atoms with Crippen molar-refractivity contribution in [1.82, 2.24) is 14.5 Å². The van der Waals surface area contributed by atoms with Gasteiger partial charge in [-0.05, 0) is 47.9 Å². The minimum atomic E-state index is -0.230. The molecule has 9 heteroatoms. The Morgan fingerprint density at radius 1 is 1.03 bits per heavy atom. The fourth-order valence-corrected chi connectivity index (χ4v) is 5.10. The molecule has 198 valence electrons. The molecule has 0 bridgehead atoms. The van der Waals surface area contributed by atoms with Crippen molar-refractivity contribution >= 4 is 34.4 Å². The zero-order chi connectivity index (χ0) is 27.4. The van der Waals surface area contributed by atoms with Gasteiger partial charge < -0.3 is 19.8 Å². The highest BCUT2D eigenvalue weighted by molar-refractivity contribution is 7.99. The number of nitrogens with zero attached hydrogens (tertiary/aromatic N) is 2. The van der Waals surface area contributed by atoms with E-state index in [9.17, 15) is 9.59 Å². The Morgan fingerprint density at radius 3 is 2.51 bits per heavy atom. The largest absolute Gasteiger partial charge is 0.497 e. The first kappa shape index (κ1) is 26.1. The molecular weight excluding hydrogens is 512 g/mol. The number of nitrogens with one attached hydrogen (secondary N) is 2. The van der Waals surface area contributed by atoms with Crippen molar-refractivity contribution in [3.05, 3.63) is 100 Å². The lowest BCUT2D eigenvalue weighted by atomic mass is 10.1. The Bertz CT molecular complexity index is 1680. The first-order valence-electron chi connectivity index (χ1n) is 12.3. The van der Waals surface area contributed by atoms with Gasteiger partial charge in [0, 0.05) is 11.8 Å². The van der Waals surface area contributed by atoms with E-state index in [0.717, 1.165) is 28.0 Å². The fourth-order valence-electron chi connectivity index (χ4n) is 4.31. The summed E-state index contributed by atoms with van der Waals surface area (Å²) in [5.74, 6) is 1.14. The third kappa shape index (κ3) is 5.68. The summed E-state index contributed by atoms with van der Waals surface area (Å²) < 4.78 is 12.2. The van der Waals surface area contributed by atoms with Gasteiger partial charge in [0.25, 0.3) is 5.56 Å². The number of fused-ring (bicyclic) bond motifs is 1. The number of aryl methyl sites for hydroxylation is 1. The number of aromatic nitrogens is 3. The molecule has 0 saturated heterocycles. The van der Waals surface area contributed by atoms with Crippen molar-refractivity contribution in [2.45, 2.75) is 18.6 Å². The third-order valence-corrected chi connectivity index (χ3v) is 7.27. The molecular formula is C30H28N4O4S. The molecule has 0 saturated carbocycles. The van der Waals surface area contributed by atoms with Crippen LogP contribution >= 0.6 is 11.8 Å². The number of benzene rings is 3. The first-order valence-corrected chi connectivity index (χ1v) is 13.3. The van der Waals surface area contributed by atoms with Gasteiger partial charge in [0.05, 0.1) is 32.2 Å². The summed E-state index contributed by atoms with van der Waals surface area (Å²) in [6, 6.07) is 22.9. The molecule has 2 aromatic heterocycles. The summed E-state index contributed by atoms with van der Waals surface area (Å²) in [6.07, 6.45) is 1.80. The number of ether oxygens (including phenoxy) is 2. The van der Waals surface area contributed by atoms with Gasteiger partial charge >= 0.3 is 0 Å². The van der Waals surface area contributed by atoms with Gasteiger partial charge in [0.2, 0.25) is 5.91 Å². The summed E-state index contributed by atoms with van der Waals surface area (Å²) in [5, 5.41) is 3.37. The molecule has 0 unspecified atom stereocenters. The zero-order valence-electron chi connectivity index (χ0n) is 21.9. The molecule has 0 radical (unpaired) electrons. The van der Waals surface area contributed by atoms with Crippen LogP contribution < -0.4 is 20.3 Å². The van der Waals surface area contributed by atoms with Crippen LogP contribution in [0.4, 0.5) is 5.69 Å². The maximum Gasteiger partial charge on any atom is 0.278 e. The van der Waals surface area contributed by atoms with E-state index in [1.807, 2.05) is 79.7 Å². The van der Waals surface area contributed by atoms with Crippen molar-refractivity contribution in [2.24, 2.45) is 0 Å². The van der Waals surface area contributed by atoms with Crippen molar-refractivity contribution in [1.29, 1.82) is 0 Å². The topological polar surface area (TPSA) is 98.2 Å². The number of hydrogen-bond acceptors (Lipinski definition) is 6. The predicted octanol–water partition coefficient (Wildman–Crippen LogP) is 5.50. The Kier molecular flexibility index (Phi) is 7.69. The number of methoxy groups -OCH3 is 2. The average molecular weight is 541 g/mol. The second-order valence-electron chi connectivity index (χ2n) is 8.97. The maximum atomic E-state index is 13.7. The van der Waals surface area contributed by atoms with Crippen molar-refractivity contribution in [2.75, 3.05) is 25.3 Å². The maximum absolute atomic E-state index is 13.7. The van der Waals surface area contributed by atoms with Crippen molar-refractivity contribution < 1.29 is 14.3 Å². The van der Waals surface area contributed by atoms with E-state index in [4.69, 9.17) is 14.5 Å². The lowest BCUT2D eigenvalue weighted by Crippen LogP contribution is -2.25. The molecule has 0 aliphatic heterocycles. The van der Waals surface area contributed by atoms with Crippen molar-refractivity contribution in [3.63, 3.8) is 0 Å². The minimum absolute atomic E-state index is 0.0583. The monoisotopic (exact) mass is 540 g/mol. The molecule has 2 heterocycles. The Morgan fingerprint density at radius 2 is 1.79 bits per heavy atom. The fraction of sp³-hybridized carbons (Fsp3) is 0.167. The molecule has 8 nitrogen and oxygen atoms in total. The van der Waals surface area contributed by atoms with E-state index < -0.39 is 0 Å². The summed E-state index contributed by atoms with van der Waals surface area (Å²) in [7, 11) is 3.17. The van der Waals surface area contributed by atoms with Crippen LogP contribution in [0.1, 0.15) is 11.1 Å². The molecule has 0 aliphatic carbocycles. The van der Waals surface area contributed by atoms with E-state index in [-0.39, 0.29) is 17.2 Å². The van der Waals surface area contributed by atoms with Gasteiger partial charge in [-0.15, -0.1) is 0 Å². The standard InChI is InChI=1S/C30H28N4O4S/c1-19-9-14-25(38-3)24(15-19)32-26(35)18-39-30-33-27-23(21-7-5-4-6-8-21)16-31-28(27)29(36)34(30)17-20-10-12-22(37-2)13-11-20/h4-16,31H,17-18H2,1-3H3,(H,32,35). The van der Waals surface area contributed by atoms with E-state index in [1.54, 1.807) is 25.0 Å². The molecule has 2 N–H and O–H groups in total. The highest BCUT2D eigenvalue weighted by Crippen LogP contribution is 2.29. The molecule has 0 aliphatic rings. The normalized spacial score (nSPS) is 10.9. The van der Waals surface area contributed by atoms with Crippen molar-refractivity contribution in [3.8, 4) is 22.6 Å². The van der Waals surface area contributed by atoms with Gasteiger partial charge in [-0.1, -0.05) is 60.3 Å². The summed E-state index contributed by atoms with van der Waals surface area (Å²) in [4.78, 5) is 34.7. The highest BCUT2D eigenvalue weighted by atomic mass is 32.2. The second-order valence-corrected chi connectivity index (χ2v) is 9.91. The van der Waals surface area contributed by atoms with Crippen LogP contribution in [0.3, 0.4) is 0 Å². The molecule has 0 spiro atoms. The quantitative estimate of drug-likeness (QED) is 0.189. The number of carbonyl (C=O) groups is 1. The number of thioether (sulfide) groups is 1. The number of amides is 1. The third-order valence-electron chi connectivity index (χ3n) is 6.30. The van der Waals surface area contributed by atoms with Gasteiger partial charge in [-0.25, -0.2) is 4.98 Å². The first-order chi connectivity index (χ1) is 19.0. The van der Waals surface area contributed by atoms with Gasteiger partial charge in [0.15, 0.2) is 5.16 Å². The molecule has 5 rings (SSSR count). The smallest absolute Gasteiger partial charge is 0.278 e. The number of hydrogen-bond donors (Lipinski definition) is 2. The van der Waals surface area contributed by atoms with E-state index >= 15 is 0 Å². The second kappa shape index (κ2) is 11.5. The van der Waals surface area contributed by atoms with Crippen LogP contribution in [0.5, 0.6) is 11.5 Å². The Labute approximate surface area is 230 Å². The highest BCUT2D eigenvalue weighted by Gasteiger charge is 2.18. The lowest BCUT2D eigenvalue weighted by molar-refractivity contribution is -0.113. The molecule has 0 atom stereocenters. The van der Waals surface area contributed by atoms with Crippen LogP contribution in [0.2, 0.25) is 0 Å². The number of anilines is 1. The van der Waals surface area contributed by atoms with Gasteiger partial charge in [-0.3, -0.25) is 14.2 Å². The average Bonchev–Trinajstić information content (AvgIpc) is 3.39. The lowest BCUT2D eigenvalue weighted by Gasteiger charge is -2.14. The number of rotatable bonds is 9. The Hall–Kier alpha value is -4.50. The van der Waals surface area contributed by atoms with Crippen LogP contribution in [0, 0.1) is 6.92 Å². The van der Waals surface area contributed by atoms with Crippen LogP contribution in [0.15, 0.2) is 88.9 Å². The molecule has 3 aromatic carbocycles. The Balaban J connectivity index is 1.50. The molecule has 1 amide bonds. The molecule has 39 heavy (non-hydrogen) atoms. The van der Waals surface area contributed by atoms with E-state index in [1.165, 1.54) is 11.8 Å². The summed E-state index contributed by atoms with van der Waals surface area (Å²) in [6.45, 7) is 2.24. The van der Waals surface area contributed by atoms with Gasteiger partial charge in [0.1, 0.15) is 22.5 Å². The SMILES string of the molecule is COc1ccc(Cn2c(SCC(=O)Nc3cc(C)ccc3OC)nc3c(-c4ccccc4)c[nH]c3c2=O)cc1. The number of H-pyrrole nitrogens is 1. The molecule has 5 aromatic rings. The van der Waals surface area contributed by atoms with E-state index in [0.29, 0.717) is 34.2 Å². The van der Waals surface area contributed by atoms with Crippen LogP contribution in [-0.4, -0.2) is 40.4 Å². The summed E-state index contributed by atoms with van der Waals surface area (Å²) >= 11 is 1.22. The van der Waals surface area contributed by atoms with Crippen LogP contribution in [-0.2, 0) is 11.3 Å². The van der Waals surface area contributed by atoms with Gasteiger partial charge in [-0.2, -0.15) is 0 Å². The number of carbonyl (C=O) groups excluding carboxylic acids is 1. The number of aromatic amines is 1.